The van der Waals surface area contributed by atoms with Gasteiger partial charge >= 0.3 is 0 Å². The largest absolute Gasteiger partial charge is 0.380 e. The lowest BCUT2D eigenvalue weighted by atomic mass is 9.99. The quantitative estimate of drug-likeness (QED) is 0.306. The maximum atomic E-state index is 13.5. The van der Waals surface area contributed by atoms with Crippen LogP contribution in [-0.4, -0.2) is 29.9 Å². The summed E-state index contributed by atoms with van der Waals surface area (Å²) in [5, 5.41) is 12.3. The maximum absolute atomic E-state index is 13.5. The van der Waals surface area contributed by atoms with E-state index in [-0.39, 0.29) is 36.3 Å². The average Bonchev–Trinajstić information content (AvgIpc) is 2.83. The summed E-state index contributed by atoms with van der Waals surface area (Å²) in [6.45, 7) is 1.66. The molecule has 1 atom stereocenters. The fraction of sp³-hybridized carbons (Fsp3) is 0.240. The Balaban J connectivity index is 0.00000361. The van der Waals surface area contributed by atoms with Crippen LogP contribution in [0.2, 0.25) is 0 Å². The number of benzene rings is 2. The minimum absolute atomic E-state index is 0. The maximum Gasteiger partial charge on any atom is 0.252 e. The summed E-state index contributed by atoms with van der Waals surface area (Å²) >= 11 is 0. The molecule has 8 nitrogen and oxygen atoms in total. The van der Waals surface area contributed by atoms with Crippen LogP contribution in [0.15, 0.2) is 54.7 Å². The van der Waals surface area contributed by atoms with E-state index in [0.717, 1.165) is 25.5 Å². The van der Waals surface area contributed by atoms with E-state index in [4.69, 9.17) is 5.73 Å². The highest BCUT2D eigenvalue weighted by Crippen LogP contribution is 2.24. The molecule has 0 aliphatic carbocycles. The van der Waals surface area contributed by atoms with E-state index >= 15 is 0 Å². The first-order valence-electron chi connectivity index (χ1n) is 11.2. The molecule has 6 N–H and O–H groups in total. The average molecular weight is 517 g/mol. The minimum Gasteiger partial charge on any atom is -0.380 e. The van der Waals surface area contributed by atoms with Crippen LogP contribution in [0.1, 0.15) is 28.8 Å². The number of aromatic nitrogens is 1. The molecule has 190 valence electrons. The van der Waals surface area contributed by atoms with Gasteiger partial charge < -0.3 is 27.0 Å². The van der Waals surface area contributed by atoms with Crippen molar-refractivity contribution < 1.29 is 18.4 Å². The number of nitrogens with two attached hydrogens (primary N) is 1. The summed E-state index contributed by atoms with van der Waals surface area (Å²) in [5.74, 6) is -1.77. The first-order chi connectivity index (χ1) is 16.9. The Morgan fingerprint density at radius 1 is 1.08 bits per heavy atom. The number of halogens is 3. The van der Waals surface area contributed by atoms with Crippen molar-refractivity contribution in [2.24, 2.45) is 11.7 Å². The molecule has 0 unspecified atom stereocenters. The van der Waals surface area contributed by atoms with E-state index in [0.29, 0.717) is 35.0 Å². The number of amides is 2. The zero-order chi connectivity index (χ0) is 24.8. The standard InChI is InChI=1S/C25H26F2N6O2.ClH/c26-17-7-15(8-18(27)9-17)12-30-22-11-23(31-14-21(22)24(28)34)32-19-4-1-5-20(10-19)33-25(35)16-3-2-6-29-13-16;/h1,4-5,7-11,14,16,29H,2-3,6,12-13H2,(H2,28,34)(H,33,35)(H2,30,31,32);1H/t16-;/m0./s1. The lowest BCUT2D eigenvalue weighted by molar-refractivity contribution is -0.120. The molecule has 1 fully saturated rings. The lowest BCUT2D eigenvalue weighted by Crippen LogP contribution is -2.37. The van der Waals surface area contributed by atoms with Gasteiger partial charge in [-0.3, -0.25) is 9.59 Å². The second-order valence-electron chi connectivity index (χ2n) is 8.35. The Kier molecular flexibility index (Phi) is 9.15. The SMILES string of the molecule is Cl.NC(=O)c1cnc(Nc2cccc(NC(=O)[C@H]3CCCNC3)c2)cc1NCc1cc(F)cc(F)c1. The van der Waals surface area contributed by atoms with Crippen LogP contribution < -0.4 is 27.0 Å². The number of hydrogen-bond donors (Lipinski definition) is 5. The van der Waals surface area contributed by atoms with Crippen LogP contribution in [0.5, 0.6) is 0 Å². The number of carbonyl (C=O) groups excluding carboxylic acids is 2. The van der Waals surface area contributed by atoms with E-state index < -0.39 is 17.5 Å². The molecule has 11 heteroatoms. The second-order valence-corrected chi connectivity index (χ2v) is 8.35. The highest BCUT2D eigenvalue weighted by molar-refractivity contribution is 5.98. The first kappa shape index (κ1) is 26.8. The molecule has 36 heavy (non-hydrogen) atoms. The Bertz CT molecular complexity index is 1220. The number of pyridine rings is 1. The molecule has 2 aromatic carbocycles. The molecule has 0 bridgehead atoms. The molecular weight excluding hydrogens is 490 g/mol. The molecule has 0 radical (unpaired) electrons. The Morgan fingerprint density at radius 2 is 1.83 bits per heavy atom. The van der Waals surface area contributed by atoms with Crippen molar-refractivity contribution in [2.75, 3.05) is 29.0 Å². The fourth-order valence-electron chi connectivity index (χ4n) is 3.92. The summed E-state index contributed by atoms with van der Waals surface area (Å²) in [6, 6.07) is 11.9. The summed E-state index contributed by atoms with van der Waals surface area (Å²) in [5.41, 5.74) is 7.62. The minimum atomic E-state index is -0.695. The number of rotatable bonds is 8. The molecular formula is C25H27ClF2N6O2. The number of piperidine rings is 1. The van der Waals surface area contributed by atoms with Gasteiger partial charge in [-0.25, -0.2) is 13.8 Å². The Morgan fingerprint density at radius 3 is 2.53 bits per heavy atom. The molecule has 4 rings (SSSR count). The van der Waals surface area contributed by atoms with Crippen LogP contribution in [0.3, 0.4) is 0 Å². The van der Waals surface area contributed by atoms with E-state index in [1.807, 2.05) is 6.07 Å². The van der Waals surface area contributed by atoms with Gasteiger partial charge in [-0.15, -0.1) is 12.4 Å². The van der Waals surface area contributed by atoms with E-state index in [1.54, 1.807) is 24.3 Å². The van der Waals surface area contributed by atoms with Gasteiger partial charge in [-0.2, -0.15) is 0 Å². The molecule has 3 aromatic rings. The number of nitrogens with zero attached hydrogens (tertiary/aromatic N) is 1. The van der Waals surface area contributed by atoms with Crippen molar-refractivity contribution in [3.63, 3.8) is 0 Å². The van der Waals surface area contributed by atoms with Crippen LogP contribution in [0.4, 0.5) is 31.7 Å². The van der Waals surface area contributed by atoms with Gasteiger partial charge in [0.1, 0.15) is 17.5 Å². The van der Waals surface area contributed by atoms with Crippen molar-refractivity contribution in [1.82, 2.24) is 10.3 Å². The van der Waals surface area contributed by atoms with Gasteiger partial charge in [-0.05, 0) is 55.3 Å². The highest BCUT2D eigenvalue weighted by atomic mass is 35.5. The van der Waals surface area contributed by atoms with E-state index in [9.17, 15) is 18.4 Å². The normalized spacial score (nSPS) is 14.9. The number of nitrogens with one attached hydrogen (secondary N) is 4. The summed E-state index contributed by atoms with van der Waals surface area (Å²) in [6.07, 6.45) is 3.14. The van der Waals surface area contributed by atoms with Crippen LogP contribution >= 0.6 is 12.4 Å². The second kappa shape index (κ2) is 12.3. The fourth-order valence-corrected chi connectivity index (χ4v) is 3.92. The van der Waals surface area contributed by atoms with Crippen LogP contribution in [0, 0.1) is 17.6 Å². The third-order valence-electron chi connectivity index (χ3n) is 5.64. The third-order valence-corrected chi connectivity index (χ3v) is 5.64. The zero-order valence-corrected chi connectivity index (χ0v) is 20.1. The molecule has 0 saturated carbocycles. The first-order valence-corrected chi connectivity index (χ1v) is 11.2. The molecule has 2 heterocycles. The van der Waals surface area contributed by atoms with Crippen LogP contribution in [-0.2, 0) is 11.3 Å². The lowest BCUT2D eigenvalue weighted by Gasteiger charge is -2.22. The molecule has 1 saturated heterocycles. The van der Waals surface area contributed by atoms with Crippen LogP contribution in [0.25, 0.3) is 0 Å². The number of anilines is 4. The highest BCUT2D eigenvalue weighted by Gasteiger charge is 2.21. The Hall–Kier alpha value is -3.76. The number of primary amides is 1. The topological polar surface area (TPSA) is 121 Å². The van der Waals surface area contributed by atoms with Crippen molar-refractivity contribution in [1.29, 1.82) is 0 Å². The van der Waals surface area contributed by atoms with Crippen molar-refractivity contribution in [3.05, 3.63) is 77.5 Å². The van der Waals surface area contributed by atoms with Gasteiger partial charge in [-0.1, -0.05) is 6.07 Å². The van der Waals surface area contributed by atoms with Crippen molar-refractivity contribution in [3.8, 4) is 0 Å². The van der Waals surface area contributed by atoms with Gasteiger partial charge in [0.2, 0.25) is 5.91 Å². The summed E-state index contributed by atoms with van der Waals surface area (Å²) in [7, 11) is 0. The summed E-state index contributed by atoms with van der Waals surface area (Å²) < 4.78 is 27.0. The number of carbonyl (C=O) groups is 2. The Labute approximate surface area is 213 Å². The van der Waals surface area contributed by atoms with Gasteiger partial charge in [0.05, 0.1) is 17.2 Å². The predicted octanol–water partition coefficient (Wildman–Crippen LogP) is 4.17. The van der Waals surface area contributed by atoms with Crippen molar-refractivity contribution in [2.45, 2.75) is 19.4 Å². The molecule has 2 amide bonds. The monoisotopic (exact) mass is 516 g/mol. The molecule has 1 aromatic heterocycles. The zero-order valence-electron chi connectivity index (χ0n) is 19.3. The molecule has 0 spiro atoms. The molecule has 1 aliphatic rings. The van der Waals surface area contributed by atoms with Gasteiger partial charge in [0.15, 0.2) is 0 Å². The van der Waals surface area contributed by atoms with E-state index in [2.05, 4.69) is 26.3 Å². The smallest absolute Gasteiger partial charge is 0.252 e. The van der Waals surface area contributed by atoms with E-state index in [1.165, 1.54) is 18.3 Å². The predicted molar refractivity (Wildman–Crippen MR) is 138 cm³/mol. The third kappa shape index (κ3) is 7.12. The van der Waals surface area contributed by atoms with Gasteiger partial charge in [0.25, 0.3) is 5.91 Å². The van der Waals surface area contributed by atoms with Gasteiger partial charge in [0, 0.05) is 42.8 Å². The van der Waals surface area contributed by atoms with Crippen molar-refractivity contribution >= 4 is 47.1 Å². The molecule has 1 aliphatic heterocycles. The summed E-state index contributed by atoms with van der Waals surface area (Å²) in [4.78, 5) is 28.6. The number of hydrogen-bond acceptors (Lipinski definition) is 6.